The highest BCUT2D eigenvalue weighted by Crippen LogP contribution is 1.98. The first-order chi connectivity index (χ1) is 4.12. The molecule has 0 saturated heterocycles. The summed E-state index contributed by atoms with van der Waals surface area (Å²) in [5, 5.41) is 0. The summed E-state index contributed by atoms with van der Waals surface area (Å²) in [5.74, 6) is 0. The summed E-state index contributed by atoms with van der Waals surface area (Å²) in [5.41, 5.74) is 0. The molecule has 0 aliphatic carbocycles. The molecule has 0 aromatic carbocycles. The second-order valence-corrected chi connectivity index (χ2v) is 5.76. The molecular formula is C3H10O3Si3. The molecule has 0 amide bonds. The number of hydrogen-bond acceptors (Lipinski definition) is 3. The minimum Gasteiger partial charge on any atom is -0.416 e. The fraction of sp³-hybridized carbons (Fsp3) is 1.00. The molecule has 9 heavy (non-hydrogen) atoms. The lowest BCUT2D eigenvalue weighted by molar-refractivity contribution is 0.275. The minimum atomic E-state index is -2.68. The molecule has 0 heterocycles. The Hall–Kier alpha value is 0.531. The van der Waals surface area contributed by atoms with Crippen LogP contribution in [-0.4, -0.2) is 33.1 Å². The normalized spacial score (nSPS) is 12.0. The monoisotopic (exact) mass is 178 g/mol. The van der Waals surface area contributed by atoms with E-state index in [9.17, 15) is 4.80 Å². The van der Waals surface area contributed by atoms with E-state index in [4.69, 9.17) is 8.23 Å². The molecule has 0 saturated carbocycles. The van der Waals surface area contributed by atoms with Crippen LogP contribution in [0.4, 0.5) is 0 Å². The molecule has 0 aliphatic rings. The van der Waals surface area contributed by atoms with Crippen molar-refractivity contribution in [1.82, 2.24) is 0 Å². The highest BCUT2D eigenvalue weighted by atomic mass is 28.4. The number of rotatable bonds is 4. The summed E-state index contributed by atoms with van der Waals surface area (Å²) in [4.78, 5) is 9.22. The molecular weight excluding hydrogens is 168 g/mol. The standard InChI is InChI=1S/C3H10O3Si3/c1-7-5-9(3,4)6-8-2/h4H,1-3H3. The quantitative estimate of drug-likeness (QED) is 0.612. The predicted molar refractivity (Wildman–Crippen MR) is 39.2 cm³/mol. The Morgan fingerprint density at radius 1 is 1.22 bits per heavy atom. The van der Waals surface area contributed by atoms with Gasteiger partial charge in [-0.15, -0.1) is 0 Å². The van der Waals surface area contributed by atoms with Gasteiger partial charge in [0, 0.05) is 6.55 Å². The van der Waals surface area contributed by atoms with Crippen LogP contribution in [-0.2, 0) is 8.23 Å². The van der Waals surface area contributed by atoms with Crippen molar-refractivity contribution in [3.05, 3.63) is 0 Å². The molecule has 4 radical (unpaired) electrons. The largest absolute Gasteiger partial charge is 0.473 e. The molecule has 0 bridgehead atoms. The Bertz CT molecular complexity index is 68.7. The van der Waals surface area contributed by atoms with Crippen molar-refractivity contribution in [1.29, 1.82) is 0 Å². The van der Waals surface area contributed by atoms with Gasteiger partial charge in [-0.3, -0.25) is 0 Å². The topological polar surface area (TPSA) is 38.7 Å². The first-order valence-corrected chi connectivity index (χ1v) is 7.62. The zero-order valence-corrected chi connectivity index (χ0v) is 8.76. The molecule has 0 aromatic rings. The van der Waals surface area contributed by atoms with Crippen LogP contribution < -0.4 is 0 Å². The summed E-state index contributed by atoms with van der Waals surface area (Å²) in [6.45, 7) is 5.35. The maximum Gasteiger partial charge on any atom is 0.473 e. The summed E-state index contributed by atoms with van der Waals surface area (Å²) in [6.07, 6.45) is 0. The zero-order valence-electron chi connectivity index (χ0n) is 5.76. The van der Waals surface area contributed by atoms with E-state index in [0.717, 1.165) is 0 Å². The van der Waals surface area contributed by atoms with Crippen LogP contribution in [0, 0.1) is 0 Å². The van der Waals surface area contributed by atoms with Gasteiger partial charge in [-0.25, -0.2) is 0 Å². The molecule has 0 rings (SSSR count). The molecule has 0 spiro atoms. The van der Waals surface area contributed by atoms with E-state index in [-0.39, 0.29) is 0 Å². The Kier molecular flexibility index (Phi) is 4.62. The molecule has 3 nitrogen and oxygen atoms in total. The van der Waals surface area contributed by atoms with Crippen molar-refractivity contribution < 1.29 is 13.0 Å². The second kappa shape index (κ2) is 4.36. The van der Waals surface area contributed by atoms with Gasteiger partial charge in [0.2, 0.25) is 19.5 Å². The molecule has 6 heteroatoms. The Morgan fingerprint density at radius 3 is 1.78 bits per heavy atom. The summed E-state index contributed by atoms with van der Waals surface area (Å²) in [7, 11) is -2.06. The van der Waals surface area contributed by atoms with Crippen LogP contribution in [0.15, 0.2) is 0 Å². The van der Waals surface area contributed by atoms with Crippen molar-refractivity contribution in [2.24, 2.45) is 0 Å². The van der Waals surface area contributed by atoms with Crippen molar-refractivity contribution in [3.8, 4) is 0 Å². The lowest BCUT2D eigenvalue weighted by Crippen LogP contribution is -2.40. The third-order valence-electron chi connectivity index (χ3n) is 0.583. The van der Waals surface area contributed by atoms with Crippen LogP contribution in [0.1, 0.15) is 0 Å². The van der Waals surface area contributed by atoms with Crippen LogP contribution >= 0.6 is 0 Å². The van der Waals surface area contributed by atoms with E-state index in [2.05, 4.69) is 0 Å². The van der Waals surface area contributed by atoms with Crippen molar-refractivity contribution in [2.75, 3.05) is 0 Å². The highest BCUT2D eigenvalue weighted by molar-refractivity contribution is 6.67. The van der Waals surface area contributed by atoms with Crippen molar-refractivity contribution >= 4 is 28.3 Å². The minimum absolute atomic E-state index is 0.310. The molecule has 0 aromatic heterocycles. The van der Waals surface area contributed by atoms with E-state index in [1.54, 1.807) is 6.55 Å². The van der Waals surface area contributed by atoms with Gasteiger partial charge in [-0.1, -0.05) is 0 Å². The Labute approximate surface area is 61.6 Å². The van der Waals surface area contributed by atoms with E-state index in [1.807, 2.05) is 13.1 Å². The smallest absolute Gasteiger partial charge is 0.416 e. The fourth-order valence-electron chi connectivity index (χ4n) is 0.400. The van der Waals surface area contributed by atoms with Gasteiger partial charge in [0.05, 0.1) is 0 Å². The van der Waals surface area contributed by atoms with E-state index >= 15 is 0 Å². The average Bonchev–Trinajstić information content (AvgIpc) is 1.64. The maximum atomic E-state index is 9.22. The third-order valence-corrected chi connectivity index (χ3v) is 5.25. The summed E-state index contributed by atoms with van der Waals surface area (Å²) >= 11 is 0. The second-order valence-electron chi connectivity index (χ2n) is 1.51. The SMILES string of the molecule is C[Si]O[Si](C)(O)O[Si]C. The van der Waals surface area contributed by atoms with Gasteiger partial charge in [-0.2, -0.15) is 0 Å². The lowest BCUT2D eigenvalue weighted by atomic mass is 11.9. The Morgan fingerprint density at radius 2 is 1.56 bits per heavy atom. The molecule has 1 N–H and O–H groups in total. The third kappa shape index (κ3) is 5.00. The molecule has 0 atom stereocenters. The van der Waals surface area contributed by atoms with E-state index in [1.165, 1.54) is 0 Å². The van der Waals surface area contributed by atoms with Crippen LogP contribution in [0.25, 0.3) is 0 Å². The van der Waals surface area contributed by atoms with Gasteiger partial charge in [0.25, 0.3) is 0 Å². The molecule has 0 aliphatic heterocycles. The Balaban J connectivity index is 3.43. The van der Waals surface area contributed by atoms with E-state index < -0.39 is 8.80 Å². The molecule has 0 unspecified atom stereocenters. The van der Waals surface area contributed by atoms with Crippen LogP contribution in [0.5, 0.6) is 0 Å². The van der Waals surface area contributed by atoms with Gasteiger partial charge in [0.15, 0.2) is 0 Å². The number of hydrogen-bond donors (Lipinski definition) is 1. The summed E-state index contributed by atoms with van der Waals surface area (Å²) in [6, 6.07) is 0. The van der Waals surface area contributed by atoms with E-state index in [0.29, 0.717) is 19.5 Å². The van der Waals surface area contributed by atoms with Crippen LogP contribution in [0.2, 0.25) is 19.6 Å². The maximum absolute atomic E-state index is 9.22. The summed E-state index contributed by atoms with van der Waals surface area (Å²) < 4.78 is 9.95. The molecule has 52 valence electrons. The zero-order chi connectivity index (χ0) is 7.33. The van der Waals surface area contributed by atoms with Gasteiger partial charge in [-0.05, 0) is 13.1 Å². The van der Waals surface area contributed by atoms with Crippen molar-refractivity contribution in [2.45, 2.75) is 19.6 Å². The molecule has 0 fully saturated rings. The fourth-order valence-corrected chi connectivity index (χ4v) is 3.97. The first kappa shape index (κ1) is 9.53. The van der Waals surface area contributed by atoms with Crippen LogP contribution in [0.3, 0.4) is 0 Å². The van der Waals surface area contributed by atoms with Gasteiger partial charge < -0.3 is 13.0 Å². The van der Waals surface area contributed by atoms with Gasteiger partial charge >= 0.3 is 8.80 Å². The first-order valence-electron chi connectivity index (χ1n) is 2.54. The van der Waals surface area contributed by atoms with Gasteiger partial charge in [0.1, 0.15) is 0 Å². The average molecular weight is 178 g/mol. The highest BCUT2D eigenvalue weighted by Gasteiger charge is 2.27. The van der Waals surface area contributed by atoms with Crippen molar-refractivity contribution in [3.63, 3.8) is 0 Å². The lowest BCUT2D eigenvalue weighted by Gasteiger charge is -2.17. The predicted octanol–water partition coefficient (Wildman–Crippen LogP) is -0.0848.